The minimum absolute atomic E-state index is 0.224. The van der Waals surface area contributed by atoms with Crippen molar-refractivity contribution in [3.8, 4) is 6.07 Å². The van der Waals surface area contributed by atoms with Crippen LogP contribution in [-0.2, 0) is 10.3 Å². The van der Waals surface area contributed by atoms with Crippen molar-refractivity contribution >= 4 is 0 Å². The number of hydrogen-bond acceptors (Lipinski definition) is 3. The number of halogens is 1. The Bertz CT molecular complexity index is 699. The van der Waals surface area contributed by atoms with Crippen LogP contribution in [0.15, 0.2) is 47.6 Å². The molecule has 126 valence electrons. The first-order valence-electron chi connectivity index (χ1n) is 8.40. The molecule has 2 aliphatic rings. The van der Waals surface area contributed by atoms with Crippen molar-refractivity contribution in [2.75, 3.05) is 27.2 Å². The molecule has 0 radical (unpaired) electrons. The van der Waals surface area contributed by atoms with Crippen molar-refractivity contribution in [3.63, 3.8) is 0 Å². The molecule has 1 aliphatic heterocycles. The van der Waals surface area contributed by atoms with Gasteiger partial charge in [-0.3, -0.25) is 0 Å². The third-order valence-corrected chi connectivity index (χ3v) is 5.04. The summed E-state index contributed by atoms with van der Waals surface area (Å²) in [7, 11) is 4.13. The van der Waals surface area contributed by atoms with Crippen molar-refractivity contribution in [3.05, 3.63) is 58.9 Å². The van der Waals surface area contributed by atoms with E-state index in [4.69, 9.17) is 10.00 Å². The Balaban J connectivity index is 1.92. The van der Waals surface area contributed by atoms with Crippen molar-refractivity contribution in [2.24, 2.45) is 5.92 Å². The molecule has 2 atom stereocenters. The van der Waals surface area contributed by atoms with E-state index in [-0.39, 0.29) is 11.7 Å². The fourth-order valence-corrected chi connectivity index (χ4v) is 3.84. The molecule has 1 aromatic rings. The highest BCUT2D eigenvalue weighted by Crippen LogP contribution is 2.50. The number of rotatable bonds is 5. The van der Waals surface area contributed by atoms with Gasteiger partial charge in [0.2, 0.25) is 0 Å². The fourth-order valence-electron chi connectivity index (χ4n) is 3.84. The minimum atomic E-state index is -0.424. The van der Waals surface area contributed by atoms with E-state index in [1.165, 1.54) is 17.7 Å². The van der Waals surface area contributed by atoms with Crippen LogP contribution in [0.5, 0.6) is 0 Å². The van der Waals surface area contributed by atoms with Gasteiger partial charge in [-0.15, -0.1) is 0 Å². The zero-order valence-corrected chi connectivity index (χ0v) is 14.3. The van der Waals surface area contributed by atoms with E-state index in [9.17, 15) is 4.39 Å². The summed E-state index contributed by atoms with van der Waals surface area (Å²) in [6, 6.07) is 8.93. The van der Waals surface area contributed by atoms with E-state index in [1.54, 1.807) is 0 Å². The first kappa shape index (κ1) is 16.9. The van der Waals surface area contributed by atoms with E-state index in [0.717, 1.165) is 31.4 Å². The highest BCUT2D eigenvalue weighted by atomic mass is 19.1. The van der Waals surface area contributed by atoms with Gasteiger partial charge in [0, 0.05) is 11.5 Å². The Morgan fingerprint density at radius 3 is 2.75 bits per heavy atom. The number of nitriles is 1. The van der Waals surface area contributed by atoms with Gasteiger partial charge in [0.25, 0.3) is 0 Å². The lowest BCUT2D eigenvalue weighted by atomic mass is 9.73. The van der Waals surface area contributed by atoms with Crippen LogP contribution in [0, 0.1) is 23.1 Å². The van der Waals surface area contributed by atoms with Crippen LogP contribution < -0.4 is 0 Å². The van der Waals surface area contributed by atoms with Crippen LogP contribution >= 0.6 is 0 Å². The molecular weight excluding hydrogens is 303 g/mol. The molecule has 1 saturated heterocycles. The predicted octanol–water partition coefficient (Wildman–Crippen LogP) is 3.79. The number of nitrogens with zero attached hydrogens (tertiary/aromatic N) is 2. The molecule has 0 N–H and O–H groups in total. The zero-order chi connectivity index (χ0) is 17.2. The maximum absolute atomic E-state index is 13.4. The van der Waals surface area contributed by atoms with E-state index in [0.29, 0.717) is 12.2 Å². The second-order valence-corrected chi connectivity index (χ2v) is 6.87. The third-order valence-electron chi connectivity index (χ3n) is 5.04. The van der Waals surface area contributed by atoms with Crippen molar-refractivity contribution in [1.29, 1.82) is 5.26 Å². The maximum atomic E-state index is 13.4. The lowest BCUT2D eigenvalue weighted by Crippen LogP contribution is -2.34. The number of ether oxygens (including phenoxy) is 1. The Hall–Kier alpha value is -1.96. The van der Waals surface area contributed by atoms with Gasteiger partial charge in [0.05, 0.1) is 12.7 Å². The number of fused-ring (bicyclic) bond motifs is 1. The lowest BCUT2D eigenvalue weighted by molar-refractivity contribution is -0.0359. The van der Waals surface area contributed by atoms with E-state index in [2.05, 4.69) is 25.1 Å². The van der Waals surface area contributed by atoms with Crippen molar-refractivity contribution in [2.45, 2.75) is 24.9 Å². The summed E-state index contributed by atoms with van der Waals surface area (Å²) in [5.74, 6) is -0.00603. The van der Waals surface area contributed by atoms with Crippen molar-refractivity contribution in [1.82, 2.24) is 4.90 Å². The summed E-state index contributed by atoms with van der Waals surface area (Å²) < 4.78 is 19.7. The molecular formula is C20H23FN2O. The fraction of sp³-hybridized carbons (Fsp3) is 0.450. The molecule has 1 aromatic carbocycles. The normalized spacial score (nSPS) is 25.9. The lowest BCUT2D eigenvalue weighted by Gasteiger charge is -2.36. The predicted molar refractivity (Wildman–Crippen MR) is 91.7 cm³/mol. The Morgan fingerprint density at radius 2 is 2.08 bits per heavy atom. The second kappa shape index (κ2) is 6.88. The average Bonchev–Trinajstić information content (AvgIpc) is 2.94. The van der Waals surface area contributed by atoms with Crippen LogP contribution in [0.3, 0.4) is 0 Å². The molecule has 24 heavy (non-hydrogen) atoms. The summed E-state index contributed by atoms with van der Waals surface area (Å²) in [6.45, 7) is 1.53. The molecule has 0 bridgehead atoms. The molecule has 0 spiro atoms. The maximum Gasteiger partial charge on any atom is 0.123 e. The molecule has 1 aliphatic carbocycles. The highest BCUT2D eigenvalue weighted by Gasteiger charge is 2.48. The van der Waals surface area contributed by atoms with Crippen LogP contribution in [0.1, 0.15) is 24.8 Å². The summed E-state index contributed by atoms with van der Waals surface area (Å²) in [6.07, 6.45) is 6.64. The molecule has 0 saturated carbocycles. The standard InChI is InChI=1S/C20H23FN2O/c1-23(2)11-3-10-20(17-5-7-18(21)8-6-17)19-9-4-15(13-22)12-16(19)14-24-20/h4-8,12,19H,3,9-11,14H2,1-2H3. The van der Waals surface area contributed by atoms with E-state index >= 15 is 0 Å². The van der Waals surface area contributed by atoms with E-state index < -0.39 is 5.60 Å². The smallest absolute Gasteiger partial charge is 0.123 e. The average molecular weight is 326 g/mol. The van der Waals surface area contributed by atoms with Gasteiger partial charge in [0.1, 0.15) is 11.4 Å². The first-order chi connectivity index (χ1) is 11.5. The van der Waals surface area contributed by atoms with E-state index in [1.807, 2.05) is 24.3 Å². The monoisotopic (exact) mass is 326 g/mol. The molecule has 0 amide bonds. The Kier molecular flexibility index (Phi) is 4.84. The molecule has 1 heterocycles. The Morgan fingerprint density at radius 1 is 1.33 bits per heavy atom. The van der Waals surface area contributed by atoms with Crippen LogP contribution in [0.2, 0.25) is 0 Å². The highest BCUT2D eigenvalue weighted by molar-refractivity contribution is 5.43. The summed E-state index contributed by atoms with van der Waals surface area (Å²) >= 11 is 0. The Labute approximate surface area is 143 Å². The topological polar surface area (TPSA) is 36.3 Å². The summed E-state index contributed by atoms with van der Waals surface area (Å²) in [5, 5.41) is 9.14. The minimum Gasteiger partial charge on any atom is -0.365 e. The van der Waals surface area contributed by atoms with Gasteiger partial charge in [0.15, 0.2) is 0 Å². The van der Waals surface area contributed by atoms with Crippen molar-refractivity contribution < 1.29 is 9.13 Å². The molecule has 3 rings (SSSR count). The van der Waals surface area contributed by atoms with Crippen LogP contribution in [-0.4, -0.2) is 32.1 Å². The molecule has 4 heteroatoms. The first-order valence-corrected chi connectivity index (χ1v) is 8.40. The number of hydrogen-bond donors (Lipinski definition) is 0. The van der Waals surface area contributed by atoms with Gasteiger partial charge in [-0.1, -0.05) is 18.2 Å². The number of benzene rings is 1. The summed E-state index contributed by atoms with van der Waals surface area (Å²) in [5.41, 5.74) is 2.51. The summed E-state index contributed by atoms with van der Waals surface area (Å²) in [4.78, 5) is 2.17. The third kappa shape index (κ3) is 3.15. The molecule has 3 nitrogen and oxygen atoms in total. The van der Waals surface area contributed by atoms with Gasteiger partial charge < -0.3 is 9.64 Å². The van der Waals surface area contributed by atoms with Gasteiger partial charge in [-0.2, -0.15) is 5.26 Å². The quantitative estimate of drug-likeness (QED) is 0.826. The molecule has 0 aromatic heterocycles. The molecule has 1 fully saturated rings. The number of allylic oxidation sites excluding steroid dienone is 3. The van der Waals surface area contributed by atoms with Crippen LogP contribution in [0.4, 0.5) is 4.39 Å². The van der Waals surface area contributed by atoms with Gasteiger partial charge >= 0.3 is 0 Å². The second-order valence-electron chi connectivity index (χ2n) is 6.87. The molecule has 2 unspecified atom stereocenters. The van der Waals surface area contributed by atoms with Crippen LogP contribution in [0.25, 0.3) is 0 Å². The van der Waals surface area contributed by atoms with Gasteiger partial charge in [-0.25, -0.2) is 4.39 Å². The largest absolute Gasteiger partial charge is 0.365 e. The van der Waals surface area contributed by atoms with Gasteiger partial charge in [-0.05, 0) is 69.2 Å². The zero-order valence-electron chi connectivity index (χ0n) is 14.3. The SMILES string of the molecule is CN(C)CCCC1(c2ccc(F)cc2)OCC2=CC(C#N)=CCC21.